The number of anilines is 1. The number of hydrogen-bond donors (Lipinski definition) is 0. The van der Waals surface area contributed by atoms with Crippen molar-refractivity contribution in [2.75, 3.05) is 31.6 Å². The standard InChI is InChI=1S/C14H21FN2O3S/c1-11-5-4-8-17(10-11)21(18,19)16(2)13-7-6-12(15)9-14(13)20-3/h6-7,9,11H,4-5,8,10H2,1-3H3/t11-/m1/s1. The molecule has 0 spiro atoms. The summed E-state index contributed by atoms with van der Waals surface area (Å²) in [7, 11) is -0.776. The predicted octanol–water partition coefficient (Wildman–Crippen LogP) is 2.25. The molecule has 0 amide bonds. The second-order valence-corrected chi connectivity index (χ2v) is 7.36. The van der Waals surface area contributed by atoms with Crippen molar-refractivity contribution in [1.29, 1.82) is 0 Å². The highest BCUT2D eigenvalue weighted by Crippen LogP contribution is 2.31. The highest BCUT2D eigenvalue weighted by molar-refractivity contribution is 7.90. The minimum atomic E-state index is -3.63. The van der Waals surface area contributed by atoms with Crippen molar-refractivity contribution < 1.29 is 17.5 Å². The van der Waals surface area contributed by atoms with E-state index < -0.39 is 16.0 Å². The number of methoxy groups -OCH3 is 1. The minimum Gasteiger partial charge on any atom is -0.494 e. The van der Waals surface area contributed by atoms with E-state index in [1.165, 1.54) is 36.7 Å². The van der Waals surface area contributed by atoms with Gasteiger partial charge in [-0.3, -0.25) is 4.31 Å². The second-order valence-electron chi connectivity index (χ2n) is 5.40. The Morgan fingerprint density at radius 3 is 2.76 bits per heavy atom. The molecule has 0 radical (unpaired) electrons. The van der Waals surface area contributed by atoms with Crippen LogP contribution in [0.5, 0.6) is 5.75 Å². The molecule has 1 aromatic rings. The first kappa shape index (κ1) is 16.0. The molecule has 0 unspecified atom stereocenters. The summed E-state index contributed by atoms with van der Waals surface area (Å²) >= 11 is 0. The number of rotatable bonds is 4. The van der Waals surface area contributed by atoms with E-state index in [0.29, 0.717) is 24.7 Å². The molecule has 2 rings (SSSR count). The van der Waals surface area contributed by atoms with Gasteiger partial charge in [0.1, 0.15) is 11.6 Å². The number of nitrogens with zero attached hydrogens (tertiary/aromatic N) is 2. The third-order valence-corrected chi connectivity index (χ3v) is 5.65. The van der Waals surface area contributed by atoms with Crippen LogP contribution in [0, 0.1) is 11.7 Å². The van der Waals surface area contributed by atoms with E-state index in [-0.39, 0.29) is 5.75 Å². The van der Waals surface area contributed by atoms with E-state index in [0.717, 1.165) is 17.1 Å². The van der Waals surface area contributed by atoms with Crippen molar-refractivity contribution in [1.82, 2.24) is 4.31 Å². The Morgan fingerprint density at radius 2 is 2.14 bits per heavy atom. The summed E-state index contributed by atoms with van der Waals surface area (Å²) in [6.07, 6.45) is 1.89. The Kier molecular flexibility index (Phi) is 4.73. The molecule has 1 atom stereocenters. The molecule has 118 valence electrons. The highest BCUT2D eigenvalue weighted by Gasteiger charge is 2.31. The summed E-state index contributed by atoms with van der Waals surface area (Å²) in [5.41, 5.74) is 0.331. The van der Waals surface area contributed by atoms with Crippen molar-refractivity contribution in [3.63, 3.8) is 0 Å². The zero-order chi connectivity index (χ0) is 15.6. The van der Waals surface area contributed by atoms with Crippen molar-refractivity contribution >= 4 is 15.9 Å². The van der Waals surface area contributed by atoms with Crippen molar-refractivity contribution in [3.05, 3.63) is 24.0 Å². The molecule has 1 fully saturated rings. The van der Waals surface area contributed by atoms with Gasteiger partial charge >= 0.3 is 10.2 Å². The highest BCUT2D eigenvalue weighted by atomic mass is 32.2. The molecule has 7 heteroatoms. The summed E-state index contributed by atoms with van der Waals surface area (Å²) in [5.74, 6) is 0.0798. The van der Waals surface area contributed by atoms with Gasteiger partial charge in [-0.05, 0) is 30.9 Å². The molecule has 1 aliphatic heterocycles. The molecule has 0 N–H and O–H groups in total. The summed E-state index contributed by atoms with van der Waals surface area (Å²) in [4.78, 5) is 0. The lowest BCUT2D eigenvalue weighted by Crippen LogP contribution is -2.46. The first-order valence-electron chi connectivity index (χ1n) is 6.93. The van der Waals surface area contributed by atoms with Crippen LogP contribution in [-0.2, 0) is 10.2 Å². The SMILES string of the molecule is COc1cc(F)ccc1N(C)S(=O)(=O)N1CCC[C@@H](C)C1. The molecule has 0 bridgehead atoms. The van der Waals surface area contributed by atoms with E-state index in [1.807, 2.05) is 6.92 Å². The lowest BCUT2D eigenvalue weighted by molar-refractivity contribution is 0.281. The third kappa shape index (κ3) is 3.29. The average molecular weight is 316 g/mol. The number of benzene rings is 1. The summed E-state index contributed by atoms with van der Waals surface area (Å²) < 4.78 is 46.3. The number of hydrogen-bond acceptors (Lipinski definition) is 3. The monoisotopic (exact) mass is 316 g/mol. The van der Waals surface area contributed by atoms with Crippen LogP contribution in [0.2, 0.25) is 0 Å². The van der Waals surface area contributed by atoms with Gasteiger partial charge in [0.25, 0.3) is 0 Å². The van der Waals surface area contributed by atoms with Crippen LogP contribution in [-0.4, -0.2) is 40.0 Å². The van der Waals surface area contributed by atoms with Crippen LogP contribution in [0.15, 0.2) is 18.2 Å². The molecule has 0 aliphatic carbocycles. The van der Waals surface area contributed by atoms with Crippen LogP contribution in [0.1, 0.15) is 19.8 Å². The fraction of sp³-hybridized carbons (Fsp3) is 0.571. The third-order valence-electron chi connectivity index (χ3n) is 3.77. The fourth-order valence-corrected chi connectivity index (χ4v) is 4.11. The Bertz CT molecular complexity index is 606. The summed E-state index contributed by atoms with van der Waals surface area (Å²) in [6.45, 7) is 3.07. The molecule has 0 saturated carbocycles. The number of ether oxygens (including phenoxy) is 1. The lowest BCUT2D eigenvalue weighted by Gasteiger charge is -2.34. The zero-order valence-corrected chi connectivity index (χ0v) is 13.4. The Morgan fingerprint density at radius 1 is 1.43 bits per heavy atom. The van der Waals surface area contributed by atoms with E-state index in [9.17, 15) is 12.8 Å². The van der Waals surface area contributed by atoms with Crippen LogP contribution >= 0.6 is 0 Å². The Hall–Kier alpha value is -1.34. The van der Waals surface area contributed by atoms with E-state index in [4.69, 9.17) is 4.74 Å². The quantitative estimate of drug-likeness (QED) is 0.856. The smallest absolute Gasteiger partial charge is 0.303 e. The molecular formula is C14H21FN2O3S. The van der Waals surface area contributed by atoms with Gasteiger partial charge in [0.2, 0.25) is 0 Å². The lowest BCUT2D eigenvalue weighted by atomic mass is 10.0. The normalized spacial score (nSPS) is 20.3. The van der Waals surface area contributed by atoms with Gasteiger partial charge in [0.15, 0.2) is 0 Å². The Labute approximate surface area is 125 Å². The largest absolute Gasteiger partial charge is 0.494 e. The van der Waals surface area contributed by atoms with Gasteiger partial charge in [-0.2, -0.15) is 12.7 Å². The van der Waals surface area contributed by atoms with Crippen LogP contribution in [0.25, 0.3) is 0 Å². The van der Waals surface area contributed by atoms with Gasteiger partial charge in [0.05, 0.1) is 12.8 Å². The molecule has 1 heterocycles. The van der Waals surface area contributed by atoms with Gasteiger partial charge in [-0.1, -0.05) is 6.92 Å². The molecule has 1 aromatic carbocycles. The van der Waals surface area contributed by atoms with Crippen molar-refractivity contribution in [2.45, 2.75) is 19.8 Å². The molecule has 5 nitrogen and oxygen atoms in total. The molecule has 0 aromatic heterocycles. The van der Waals surface area contributed by atoms with Crippen LogP contribution in [0.3, 0.4) is 0 Å². The average Bonchev–Trinajstić information content (AvgIpc) is 2.46. The fourth-order valence-electron chi connectivity index (χ4n) is 2.56. The first-order valence-corrected chi connectivity index (χ1v) is 8.33. The first-order chi connectivity index (χ1) is 9.86. The summed E-state index contributed by atoms with van der Waals surface area (Å²) in [6, 6.07) is 3.82. The second kappa shape index (κ2) is 6.19. The molecule has 1 saturated heterocycles. The summed E-state index contributed by atoms with van der Waals surface area (Å²) in [5, 5.41) is 0. The van der Waals surface area contributed by atoms with E-state index in [1.54, 1.807) is 0 Å². The molecule has 21 heavy (non-hydrogen) atoms. The van der Waals surface area contributed by atoms with Gasteiger partial charge < -0.3 is 4.74 Å². The molecule has 1 aliphatic rings. The van der Waals surface area contributed by atoms with E-state index in [2.05, 4.69) is 0 Å². The minimum absolute atomic E-state index is 0.200. The van der Waals surface area contributed by atoms with Crippen LogP contribution in [0.4, 0.5) is 10.1 Å². The topological polar surface area (TPSA) is 49.9 Å². The van der Waals surface area contributed by atoms with Crippen molar-refractivity contribution in [2.24, 2.45) is 5.92 Å². The number of halogens is 1. The maximum atomic E-state index is 13.2. The van der Waals surface area contributed by atoms with Gasteiger partial charge in [-0.15, -0.1) is 0 Å². The maximum Gasteiger partial charge on any atom is 0.303 e. The van der Waals surface area contributed by atoms with Gasteiger partial charge in [-0.25, -0.2) is 4.39 Å². The van der Waals surface area contributed by atoms with Gasteiger partial charge in [0, 0.05) is 26.2 Å². The van der Waals surface area contributed by atoms with E-state index >= 15 is 0 Å². The molecular weight excluding hydrogens is 295 g/mol. The maximum absolute atomic E-state index is 13.2. The van der Waals surface area contributed by atoms with Crippen molar-refractivity contribution in [3.8, 4) is 5.75 Å². The predicted molar refractivity (Wildman–Crippen MR) is 80.2 cm³/mol. The Balaban J connectivity index is 2.31. The number of piperidine rings is 1. The zero-order valence-electron chi connectivity index (χ0n) is 12.5. The van der Waals surface area contributed by atoms with Crippen LogP contribution < -0.4 is 9.04 Å².